The van der Waals surface area contributed by atoms with Crippen molar-refractivity contribution in [3.8, 4) is 0 Å². The SMILES string of the molecule is CC(C)C1CN2CCCC2CN1CC1(C)CCOCC1. The largest absolute Gasteiger partial charge is 0.381 e. The summed E-state index contributed by atoms with van der Waals surface area (Å²) in [6, 6.07) is 1.59. The van der Waals surface area contributed by atoms with Gasteiger partial charge in [0.15, 0.2) is 0 Å². The number of hydrogen-bond acceptors (Lipinski definition) is 3. The molecule has 3 aliphatic rings. The summed E-state index contributed by atoms with van der Waals surface area (Å²) in [6.07, 6.45) is 5.31. The maximum Gasteiger partial charge on any atom is 0.0471 e. The maximum atomic E-state index is 5.57. The summed E-state index contributed by atoms with van der Waals surface area (Å²) in [5.74, 6) is 0.764. The van der Waals surface area contributed by atoms with Crippen molar-refractivity contribution < 1.29 is 4.74 Å². The van der Waals surface area contributed by atoms with E-state index in [1.807, 2.05) is 0 Å². The lowest BCUT2D eigenvalue weighted by atomic mass is 9.80. The first-order valence-corrected chi connectivity index (χ1v) is 8.63. The molecule has 3 rings (SSSR count). The Morgan fingerprint density at radius 1 is 1.20 bits per heavy atom. The second-order valence-electron chi connectivity index (χ2n) is 7.95. The highest BCUT2D eigenvalue weighted by Gasteiger charge is 2.40. The highest BCUT2D eigenvalue weighted by Crippen LogP contribution is 2.35. The van der Waals surface area contributed by atoms with Crippen LogP contribution in [0, 0.1) is 11.3 Å². The van der Waals surface area contributed by atoms with Crippen LogP contribution in [0.25, 0.3) is 0 Å². The van der Waals surface area contributed by atoms with E-state index in [4.69, 9.17) is 4.74 Å². The van der Waals surface area contributed by atoms with Crippen LogP contribution in [0.1, 0.15) is 46.5 Å². The van der Waals surface area contributed by atoms with E-state index in [0.29, 0.717) is 5.41 Å². The predicted molar refractivity (Wildman–Crippen MR) is 83.0 cm³/mol. The van der Waals surface area contributed by atoms with Crippen LogP contribution in [0.2, 0.25) is 0 Å². The molecule has 0 aromatic heterocycles. The minimum absolute atomic E-state index is 0.478. The smallest absolute Gasteiger partial charge is 0.0471 e. The summed E-state index contributed by atoms with van der Waals surface area (Å²) < 4.78 is 5.57. The van der Waals surface area contributed by atoms with Gasteiger partial charge in [-0.25, -0.2) is 0 Å². The molecule has 0 aliphatic carbocycles. The molecular formula is C17H32N2O. The average molecular weight is 280 g/mol. The fourth-order valence-corrected chi connectivity index (χ4v) is 4.43. The van der Waals surface area contributed by atoms with Crippen LogP contribution in [0.3, 0.4) is 0 Å². The molecule has 0 radical (unpaired) electrons. The first kappa shape index (κ1) is 14.8. The molecule has 2 atom stereocenters. The fraction of sp³-hybridized carbons (Fsp3) is 1.00. The van der Waals surface area contributed by atoms with Crippen molar-refractivity contribution in [2.75, 3.05) is 39.4 Å². The van der Waals surface area contributed by atoms with Gasteiger partial charge < -0.3 is 4.74 Å². The molecule has 0 bridgehead atoms. The molecule has 3 heterocycles. The Labute approximate surface area is 124 Å². The van der Waals surface area contributed by atoms with Gasteiger partial charge in [-0.2, -0.15) is 0 Å². The molecule has 0 saturated carbocycles. The molecule has 2 unspecified atom stereocenters. The van der Waals surface area contributed by atoms with Crippen LogP contribution in [0.4, 0.5) is 0 Å². The maximum absolute atomic E-state index is 5.57. The van der Waals surface area contributed by atoms with E-state index in [9.17, 15) is 0 Å². The van der Waals surface area contributed by atoms with Crippen molar-refractivity contribution in [2.24, 2.45) is 11.3 Å². The minimum atomic E-state index is 0.478. The van der Waals surface area contributed by atoms with Gasteiger partial charge in [-0.3, -0.25) is 9.80 Å². The molecule has 3 aliphatic heterocycles. The van der Waals surface area contributed by atoms with E-state index in [1.54, 1.807) is 0 Å². The number of piperazine rings is 1. The van der Waals surface area contributed by atoms with Gasteiger partial charge >= 0.3 is 0 Å². The first-order chi connectivity index (χ1) is 9.57. The second-order valence-corrected chi connectivity index (χ2v) is 7.95. The van der Waals surface area contributed by atoms with Gasteiger partial charge in [-0.1, -0.05) is 20.8 Å². The third-order valence-corrected chi connectivity index (χ3v) is 5.89. The van der Waals surface area contributed by atoms with Crippen LogP contribution in [-0.4, -0.2) is 61.3 Å². The zero-order chi connectivity index (χ0) is 14.2. The Bertz CT molecular complexity index is 325. The van der Waals surface area contributed by atoms with Crippen molar-refractivity contribution in [1.29, 1.82) is 0 Å². The fourth-order valence-electron chi connectivity index (χ4n) is 4.43. The summed E-state index contributed by atoms with van der Waals surface area (Å²) in [7, 11) is 0. The lowest BCUT2D eigenvalue weighted by molar-refractivity contribution is -0.0350. The molecule has 0 N–H and O–H groups in total. The number of fused-ring (bicyclic) bond motifs is 1. The summed E-state index contributed by atoms with van der Waals surface area (Å²) in [5, 5.41) is 0. The Kier molecular flexibility index (Phi) is 4.40. The molecule has 0 amide bonds. The molecule has 20 heavy (non-hydrogen) atoms. The zero-order valence-electron chi connectivity index (χ0n) is 13.6. The van der Waals surface area contributed by atoms with Gasteiger partial charge in [-0.05, 0) is 43.6 Å². The Morgan fingerprint density at radius 3 is 2.65 bits per heavy atom. The quantitative estimate of drug-likeness (QED) is 0.790. The molecule has 3 nitrogen and oxygen atoms in total. The molecular weight excluding hydrogens is 248 g/mol. The number of hydrogen-bond donors (Lipinski definition) is 0. The summed E-state index contributed by atoms with van der Waals surface area (Å²) in [4.78, 5) is 5.59. The monoisotopic (exact) mass is 280 g/mol. The van der Waals surface area contributed by atoms with E-state index >= 15 is 0 Å². The third-order valence-electron chi connectivity index (χ3n) is 5.89. The van der Waals surface area contributed by atoms with Crippen LogP contribution < -0.4 is 0 Å². The highest BCUT2D eigenvalue weighted by molar-refractivity contribution is 4.95. The van der Waals surface area contributed by atoms with Crippen LogP contribution in [0.5, 0.6) is 0 Å². The molecule has 3 heteroatoms. The molecule has 3 saturated heterocycles. The second kappa shape index (κ2) is 5.94. The van der Waals surface area contributed by atoms with Crippen LogP contribution in [-0.2, 0) is 4.74 Å². The minimum Gasteiger partial charge on any atom is -0.381 e. The summed E-state index contributed by atoms with van der Waals surface area (Å²) in [6.45, 7) is 14.4. The van der Waals surface area contributed by atoms with Crippen molar-refractivity contribution in [3.63, 3.8) is 0 Å². The zero-order valence-corrected chi connectivity index (χ0v) is 13.6. The summed E-state index contributed by atoms with van der Waals surface area (Å²) in [5.41, 5.74) is 0.478. The highest BCUT2D eigenvalue weighted by atomic mass is 16.5. The molecule has 0 aromatic rings. The molecule has 0 spiro atoms. The average Bonchev–Trinajstić information content (AvgIpc) is 2.85. The van der Waals surface area contributed by atoms with Gasteiger partial charge in [0, 0.05) is 44.9 Å². The van der Waals surface area contributed by atoms with Crippen LogP contribution >= 0.6 is 0 Å². The lowest BCUT2D eigenvalue weighted by Gasteiger charge is -2.49. The van der Waals surface area contributed by atoms with E-state index < -0.39 is 0 Å². The van der Waals surface area contributed by atoms with Crippen molar-refractivity contribution >= 4 is 0 Å². The summed E-state index contributed by atoms with van der Waals surface area (Å²) >= 11 is 0. The first-order valence-electron chi connectivity index (χ1n) is 8.63. The Morgan fingerprint density at radius 2 is 1.95 bits per heavy atom. The van der Waals surface area contributed by atoms with Crippen molar-refractivity contribution in [3.05, 3.63) is 0 Å². The van der Waals surface area contributed by atoms with Gasteiger partial charge in [0.05, 0.1) is 0 Å². The van der Waals surface area contributed by atoms with Gasteiger partial charge in [0.2, 0.25) is 0 Å². The standard InChI is InChI=1S/C17H32N2O/c1-14(2)16-12-18-8-4-5-15(18)11-19(16)13-17(3)6-9-20-10-7-17/h14-16H,4-13H2,1-3H3. The van der Waals surface area contributed by atoms with E-state index in [1.165, 1.54) is 51.9 Å². The van der Waals surface area contributed by atoms with Gasteiger partial charge in [-0.15, -0.1) is 0 Å². The van der Waals surface area contributed by atoms with Crippen LogP contribution in [0.15, 0.2) is 0 Å². The van der Waals surface area contributed by atoms with Crippen molar-refractivity contribution in [2.45, 2.75) is 58.5 Å². The number of rotatable bonds is 3. The molecule has 3 fully saturated rings. The molecule has 0 aromatic carbocycles. The van der Waals surface area contributed by atoms with E-state index in [-0.39, 0.29) is 0 Å². The Hall–Kier alpha value is -0.120. The topological polar surface area (TPSA) is 15.7 Å². The normalized spacial score (nSPS) is 35.4. The number of ether oxygens (including phenoxy) is 1. The van der Waals surface area contributed by atoms with Crippen molar-refractivity contribution in [1.82, 2.24) is 9.80 Å². The van der Waals surface area contributed by atoms with Gasteiger partial charge in [0.1, 0.15) is 0 Å². The Balaban J connectivity index is 1.68. The van der Waals surface area contributed by atoms with E-state index in [2.05, 4.69) is 30.6 Å². The molecule has 116 valence electrons. The lowest BCUT2D eigenvalue weighted by Crippen LogP contribution is -2.59. The third kappa shape index (κ3) is 3.05. The predicted octanol–water partition coefficient (Wildman–Crippen LogP) is 2.61. The van der Waals surface area contributed by atoms with Gasteiger partial charge in [0.25, 0.3) is 0 Å². The van der Waals surface area contributed by atoms with E-state index in [0.717, 1.165) is 31.2 Å². The number of nitrogens with zero attached hydrogens (tertiary/aromatic N) is 2.